The van der Waals surface area contributed by atoms with E-state index in [1.807, 2.05) is 6.92 Å². The molecule has 7 nitrogen and oxygen atoms in total. The predicted octanol–water partition coefficient (Wildman–Crippen LogP) is 2.79. The molecule has 1 fully saturated rings. The average Bonchev–Trinajstić information content (AvgIpc) is 3.16. The molecule has 28 heavy (non-hydrogen) atoms. The molecule has 1 aromatic rings. The molecule has 0 spiro atoms. The Kier molecular flexibility index (Phi) is 11.9. The maximum absolute atomic E-state index is 11.4. The molecule has 2 N–H and O–H groups in total. The maximum atomic E-state index is 11.4. The van der Waals surface area contributed by atoms with Crippen molar-refractivity contribution in [2.24, 2.45) is 4.99 Å². The lowest BCUT2D eigenvalue weighted by Crippen LogP contribution is -2.37. The Morgan fingerprint density at radius 2 is 2.18 bits per heavy atom. The van der Waals surface area contributed by atoms with Crippen molar-refractivity contribution in [1.29, 1.82) is 0 Å². The second kappa shape index (κ2) is 13.6. The number of nitrogens with one attached hydrogen (secondary N) is 2. The van der Waals surface area contributed by atoms with Crippen LogP contribution in [0.5, 0.6) is 5.75 Å². The number of nitrogens with zero attached hydrogens (tertiary/aromatic N) is 1. The second-order valence-corrected chi connectivity index (χ2v) is 6.48. The van der Waals surface area contributed by atoms with E-state index in [9.17, 15) is 4.79 Å². The van der Waals surface area contributed by atoms with Crippen molar-refractivity contribution in [1.82, 2.24) is 10.6 Å². The minimum atomic E-state index is -0.167. The van der Waals surface area contributed by atoms with Crippen molar-refractivity contribution in [2.45, 2.75) is 45.8 Å². The van der Waals surface area contributed by atoms with E-state index in [-0.39, 0.29) is 36.0 Å². The van der Waals surface area contributed by atoms with Crippen LogP contribution < -0.4 is 15.4 Å². The van der Waals surface area contributed by atoms with Crippen LogP contribution >= 0.6 is 24.0 Å². The summed E-state index contributed by atoms with van der Waals surface area (Å²) in [5.41, 5.74) is 2.23. The van der Waals surface area contributed by atoms with Crippen LogP contribution in [0.4, 0.5) is 0 Å². The summed E-state index contributed by atoms with van der Waals surface area (Å²) >= 11 is 0. The molecule has 8 heteroatoms. The third kappa shape index (κ3) is 8.64. The van der Waals surface area contributed by atoms with E-state index >= 15 is 0 Å². The average molecular weight is 505 g/mol. The Morgan fingerprint density at radius 3 is 2.86 bits per heavy atom. The number of halogens is 1. The molecule has 0 radical (unpaired) electrons. The van der Waals surface area contributed by atoms with E-state index in [4.69, 9.17) is 14.2 Å². The van der Waals surface area contributed by atoms with E-state index in [0.29, 0.717) is 45.1 Å². The van der Waals surface area contributed by atoms with Crippen LogP contribution in [0.2, 0.25) is 0 Å². The summed E-state index contributed by atoms with van der Waals surface area (Å²) in [5.74, 6) is 1.41. The molecule has 1 aliphatic heterocycles. The van der Waals surface area contributed by atoms with Crippen molar-refractivity contribution in [3.63, 3.8) is 0 Å². The van der Waals surface area contributed by atoms with Gasteiger partial charge in [-0.1, -0.05) is 12.1 Å². The fraction of sp³-hybridized carbons (Fsp3) is 0.600. The van der Waals surface area contributed by atoms with Gasteiger partial charge < -0.3 is 24.8 Å². The molecule has 1 saturated heterocycles. The van der Waals surface area contributed by atoms with Crippen LogP contribution in [0.25, 0.3) is 0 Å². The molecule has 1 unspecified atom stereocenters. The van der Waals surface area contributed by atoms with E-state index in [1.165, 1.54) is 0 Å². The summed E-state index contributed by atoms with van der Waals surface area (Å²) < 4.78 is 16.4. The zero-order valence-corrected chi connectivity index (χ0v) is 19.3. The molecule has 1 atom stereocenters. The lowest BCUT2D eigenvalue weighted by molar-refractivity contribution is -0.143. The summed E-state index contributed by atoms with van der Waals surface area (Å²) in [7, 11) is 1.73. The van der Waals surface area contributed by atoms with Gasteiger partial charge >= 0.3 is 5.97 Å². The number of carbonyl (C=O) groups excluding carboxylic acids is 1. The number of esters is 1. The first-order valence-corrected chi connectivity index (χ1v) is 9.56. The fourth-order valence-corrected chi connectivity index (χ4v) is 2.78. The maximum Gasteiger partial charge on any atom is 0.305 e. The van der Waals surface area contributed by atoms with E-state index < -0.39 is 0 Å². The Hall–Kier alpha value is -1.55. The van der Waals surface area contributed by atoms with Gasteiger partial charge in [0.25, 0.3) is 0 Å². The number of ether oxygens (including phenoxy) is 3. The van der Waals surface area contributed by atoms with Gasteiger partial charge in [-0.2, -0.15) is 0 Å². The second-order valence-electron chi connectivity index (χ2n) is 6.48. The summed E-state index contributed by atoms with van der Waals surface area (Å²) in [6.07, 6.45) is 2.13. The Morgan fingerprint density at radius 1 is 1.36 bits per heavy atom. The van der Waals surface area contributed by atoms with Crippen molar-refractivity contribution >= 4 is 35.9 Å². The Labute approximate surface area is 184 Å². The van der Waals surface area contributed by atoms with Crippen molar-refractivity contribution in [3.8, 4) is 5.75 Å². The van der Waals surface area contributed by atoms with Gasteiger partial charge in [0, 0.05) is 38.5 Å². The van der Waals surface area contributed by atoms with Crippen LogP contribution in [0, 0.1) is 6.92 Å². The highest BCUT2D eigenvalue weighted by Gasteiger charge is 2.18. The van der Waals surface area contributed by atoms with Crippen LogP contribution in [0.3, 0.4) is 0 Å². The molecule has 0 aromatic heterocycles. The molecule has 2 rings (SSSR count). The van der Waals surface area contributed by atoms with Crippen molar-refractivity contribution in [3.05, 3.63) is 29.3 Å². The smallest absolute Gasteiger partial charge is 0.305 e. The van der Waals surface area contributed by atoms with Gasteiger partial charge in [-0.15, -0.1) is 24.0 Å². The fourth-order valence-electron chi connectivity index (χ4n) is 2.78. The van der Waals surface area contributed by atoms with E-state index in [2.05, 4.69) is 40.7 Å². The van der Waals surface area contributed by atoms with Crippen LogP contribution in [0.15, 0.2) is 23.2 Å². The lowest BCUT2D eigenvalue weighted by Gasteiger charge is -2.18. The SMILES string of the molecule is CCOC(=O)CCCNC(=NC)NCc1ccc(C)cc1OC1CCOC1.I. The van der Waals surface area contributed by atoms with Crippen LogP contribution in [0.1, 0.15) is 37.3 Å². The first-order valence-electron chi connectivity index (χ1n) is 9.56. The minimum absolute atomic E-state index is 0. The monoisotopic (exact) mass is 505 g/mol. The normalized spacial score (nSPS) is 16.2. The van der Waals surface area contributed by atoms with Crippen LogP contribution in [-0.2, 0) is 20.8 Å². The number of rotatable bonds is 9. The largest absolute Gasteiger partial charge is 0.488 e. The molecule has 0 bridgehead atoms. The number of hydrogen-bond donors (Lipinski definition) is 2. The highest BCUT2D eigenvalue weighted by atomic mass is 127. The summed E-state index contributed by atoms with van der Waals surface area (Å²) in [6.45, 7) is 6.93. The van der Waals surface area contributed by atoms with Gasteiger partial charge in [-0.3, -0.25) is 9.79 Å². The summed E-state index contributed by atoms with van der Waals surface area (Å²) in [6, 6.07) is 6.21. The molecular formula is C20H32IN3O4. The van der Waals surface area contributed by atoms with Gasteiger partial charge in [0.15, 0.2) is 5.96 Å². The van der Waals surface area contributed by atoms with Gasteiger partial charge in [-0.25, -0.2) is 0 Å². The van der Waals surface area contributed by atoms with Crippen LogP contribution in [-0.4, -0.2) is 51.4 Å². The first kappa shape index (κ1) is 24.5. The zero-order valence-electron chi connectivity index (χ0n) is 17.0. The number of hydrogen-bond acceptors (Lipinski definition) is 5. The minimum Gasteiger partial charge on any atom is -0.488 e. The number of carbonyl (C=O) groups is 1. The first-order chi connectivity index (χ1) is 13.1. The molecule has 0 amide bonds. The Balaban J connectivity index is 0.00000392. The van der Waals surface area contributed by atoms with Gasteiger partial charge in [0.05, 0.1) is 19.8 Å². The van der Waals surface area contributed by atoms with Gasteiger partial charge in [-0.05, 0) is 31.9 Å². The highest BCUT2D eigenvalue weighted by molar-refractivity contribution is 14.0. The predicted molar refractivity (Wildman–Crippen MR) is 121 cm³/mol. The molecule has 158 valence electrons. The number of benzene rings is 1. The Bertz CT molecular complexity index is 634. The quantitative estimate of drug-likeness (QED) is 0.177. The standard InChI is InChI=1S/C20H31N3O4.HI/c1-4-26-19(24)6-5-10-22-20(21-3)23-13-16-8-7-15(2)12-18(16)27-17-9-11-25-14-17;/h7-8,12,17H,4-6,9-11,13-14H2,1-3H3,(H2,21,22,23);1H. The highest BCUT2D eigenvalue weighted by Crippen LogP contribution is 2.23. The molecule has 0 saturated carbocycles. The van der Waals surface area contributed by atoms with E-state index in [1.54, 1.807) is 7.05 Å². The van der Waals surface area contributed by atoms with Crippen molar-refractivity contribution < 1.29 is 19.0 Å². The van der Waals surface area contributed by atoms with Gasteiger partial charge in [0.1, 0.15) is 11.9 Å². The molecule has 1 aromatic carbocycles. The number of aryl methyl sites for hydroxylation is 1. The third-order valence-corrected chi connectivity index (χ3v) is 4.23. The topological polar surface area (TPSA) is 81.2 Å². The van der Waals surface area contributed by atoms with Crippen molar-refractivity contribution in [2.75, 3.05) is 33.4 Å². The van der Waals surface area contributed by atoms with E-state index in [0.717, 1.165) is 29.9 Å². The number of aliphatic imine (C=N–C) groups is 1. The third-order valence-electron chi connectivity index (χ3n) is 4.23. The number of guanidine groups is 1. The zero-order chi connectivity index (χ0) is 19.5. The molecule has 1 heterocycles. The lowest BCUT2D eigenvalue weighted by atomic mass is 10.1. The molecule has 0 aliphatic carbocycles. The summed E-state index contributed by atoms with van der Waals surface area (Å²) in [4.78, 5) is 15.6. The van der Waals surface area contributed by atoms with Gasteiger partial charge in [0.2, 0.25) is 0 Å². The molecule has 1 aliphatic rings. The molecular weight excluding hydrogens is 473 g/mol. The summed E-state index contributed by atoms with van der Waals surface area (Å²) in [5, 5.41) is 6.51.